The molecule has 0 aromatic carbocycles. The Kier molecular flexibility index (Phi) is 6.81. The van der Waals surface area contributed by atoms with Crippen LogP contribution in [0.5, 0.6) is 0 Å². The lowest BCUT2D eigenvalue weighted by Gasteiger charge is -2.27. The number of amides is 2. The smallest absolute Gasteiger partial charge is 0.326 e. The van der Waals surface area contributed by atoms with E-state index in [0.717, 1.165) is 25.9 Å². The topological polar surface area (TPSA) is 89.9 Å². The summed E-state index contributed by atoms with van der Waals surface area (Å²) in [6, 6.07) is -0.509. The van der Waals surface area contributed by atoms with Gasteiger partial charge < -0.3 is 15.3 Å². The summed E-state index contributed by atoms with van der Waals surface area (Å²) in [7, 11) is 0. The van der Waals surface area contributed by atoms with E-state index < -0.39 is 17.9 Å². The first-order chi connectivity index (χ1) is 11.8. The van der Waals surface area contributed by atoms with Crippen LogP contribution in [0.2, 0.25) is 0 Å². The normalized spacial score (nSPS) is 25.6. The molecule has 0 aromatic rings. The van der Waals surface area contributed by atoms with Crippen LogP contribution in [0.25, 0.3) is 0 Å². The maximum atomic E-state index is 12.4. The fourth-order valence-electron chi connectivity index (χ4n) is 3.88. The van der Waals surface area contributed by atoms with Gasteiger partial charge in [-0.3, -0.25) is 14.5 Å². The number of carboxylic acid groups (broad SMARTS) is 1. The summed E-state index contributed by atoms with van der Waals surface area (Å²) >= 11 is 0. The van der Waals surface area contributed by atoms with Crippen molar-refractivity contribution in [3.8, 4) is 0 Å². The fourth-order valence-corrected chi connectivity index (χ4v) is 3.88. The van der Waals surface area contributed by atoms with Gasteiger partial charge in [-0.05, 0) is 38.3 Å². The van der Waals surface area contributed by atoms with E-state index in [0.29, 0.717) is 25.6 Å². The number of nitrogens with zero attached hydrogens (tertiary/aromatic N) is 2. The minimum absolute atomic E-state index is 0.00108. The Morgan fingerprint density at radius 2 is 2.08 bits per heavy atom. The Morgan fingerprint density at radius 3 is 2.68 bits per heavy atom. The fraction of sp³-hybridized carbons (Fsp3) is 0.833. The molecule has 3 atom stereocenters. The minimum atomic E-state index is -1.02. The number of likely N-dealkylation sites (tertiary alicyclic amines) is 2. The number of aliphatic carboxylic acids is 1. The molecular weight excluding hydrogens is 322 g/mol. The zero-order chi connectivity index (χ0) is 18.6. The molecule has 0 spiro atoms. The van der Waals surface area contributed by atoms with E-state index in [1.54, 1.807) is 4.90 Å². The van der Waals surface area contributed by atoms with Gasteiger partial charge in [-0.25, -0.2) is 4.79 Å². The van der Waals surface area contributed by atoms with E-state index in [1.807, 2.05) is 13.8 Å². The molecule has 2 rings (SSSR count). The van der Waals surface area contributed by atoms with E-state index >= 15 is 0 Å². The van der Waals surface area contributed by atoms with E-state index in [9.17, 15) is 19.5 Å². The highest BCUT2D eigenvalue weighted by molar-refractivity contribution is 5.91. The Morgan fingerprint density at radius 1 is 1.36 bits per heavy atom. The van der Waals surface area contributed by atoms with Gasteiger partial charge in [0.2, 0.25) is 11.8 Å². The molecule has 2 fully saturated rings. The van der Waals surface area contributed by atoms with Gasteiger partial charge in [-0.1, -0.05) is 20.8 Å². The molecule has 2 aliphatic rings. The summed E-state index contributed by atoms with van der Waals surface area (Å²) in [6.07, 6.45) is 2.81. The lowest BCUT2D eigenvalue weighted by atomic mass is 10.0. The number of carbonyl (C=O) groups is 3. The van der Waals surface area contributed by atoms with E-state index in [2.05, 4.69) is 17.1 Å². The molecule has 142 valence electrons. The molecule has 2 aliphatic heterocycles. The molecule has 2 amide bonds. The lowest BCUT2D eigenvalue weighted by molar-refractivity contribution is -0.142. The van der Waals surface area contributed by atoms with Crippen molar-refractivity contribution < 1.29 is 19.5 Å². The molecule has 2 heterocycles. The van der Waals surface area contributed by atoms with Gasteiger partial charge in [-0.2, -0.15) is 0 Å². The Hall–Kier alpha value is -1.63. The third-order valence-electron chi connectivity index (χ3n) is 5.24. The van der Waals surface area contributed by atoms with Gasteiger partial charge in [0.1, 0.15) is 6.04 Å². The van der Waals surface area contributed by atoms with Crippen LogP contribution in [0, 0.1) is 11.8 Å². The quantitative estimate of drug-likeness (QED) is 0.678. The third-order valence-corrected chi connectivity index (χ3v) is 5.24. The summed E-state index contributed by atoms with van der Waals surface area (Å²) in [6.45, 7) is 9.08. The number of rotatable bonds is 8. The zero-order valence-corrected chi connectivity index (χ0v) is 15.5. The number of likely N-dealkylation sites (N-methyl/N-ethyl adjacent to an activating group) is 1. The summed E-state index contributed by atoms with van der Waals surface area (Å²) < 4.78 is 0. The van der Waals surface area contributed by atoms with Crippen molar-refractivity contribution in [2.24, 2.45) is 11.8 Å². The summed E-state index contributed by atoms with van der Waals surface area (Å²) in [5.74, 6) is -1.61. The second kappa shape index (κ2) is 8.65. The van der Waals surface area contributed by atoms with Crippen LogP contribution in [-0.4, -0.2) is 71.0 Å². The van der Waals surface area contributed by atoms with Crippen LogP contribution in [0.4, 0.5) is 0 Å². The molecule has 7 heteroatoms. The van der Waals surface area contributed by atoms with E-state index in [-0.39, 0.29) is 24.2 Å². The Labute approximate surface area is 149 Å². The molecule has 2 unspecified atom stereocenters. The molecular formula is C18H31N3O4. The molecule has 2 N–H and O–H groups in total. The first kappa shape index (κ1) is 19.7. The number of nitrogens with one attached hydrogen (secondary N) is 1. The maximum absolute atomic E-state index is 12.4. The first-order valence-electron chi connectivity index (χ1n) is 9.36. The standard InChI is InChI=1S/C18H31N3O4/c1-4-20-7-5-6-14(20)11-21-10-13(9-16(21)22)17(23)19-15(18(24)25)8-12(2)3/h12-15H,4-11H2,1-3H3,(H,19,23)(H,24,25)/t13?,14?,15-/m1/s1. The lowest BCUT2D eigenvalue weighted by Crippen LogP contribution is -2.45. The number of hydrogen-bond acceptors (Lipinski definition) is 4. The molecule has 0 bridgehead atoms. The monoisotopic (exact) mass is 353 g/mol. The van der Waals surface area contributed by atoms with Crippen molar-refractivity contribution in [1.82, 2.24) is 15.1 Å². The molecule has 7 nitrogen and oxygen atoms in total. The second-order valence-corrected chi connectivity index (χ2v) is 7.65. The van der Waals surface area contributed by atoms with Gasteiger partial charge in [0, 0.05) is 25.6 Å². The minimum Gasteiger partial charge on any atom is -0.480 e. The summed E-state index contributed by atoms with van der Waals surface area (Å²) in [5.41, 5.74) is 0. The first-order valence-corrected chi connectivity index (χ1v) is 9.36. The van der Waals surface area contributed by atoms with E-state index in [4.69, 9.17) is 0 Å². The SMILES string of the molecule is CCN1CCCC1CN1CC(C(=O)N[C@H](CC(C)C)C(=O)O)CC1=O. The van der Waals surface area contributed by atoms with Crippen molar-refractivity contribution in [1.29, 1.82) is 0 Å². The Balaban J connectivity index is 1.90. The van der Waals surface area contributed by atoms with Gasteiger partial charge in [0.05, 0.1) is 5.92 Å². The predicted octanol–water partition coefficient (Wildman–Crippen LogP) is 0.935. The summed E-state index contributed by atoms with van der Waals surface area (Å²) in [4.78, 5) is 40.2. The molecule has 0 aliphatic carbocycles. The van der Waals surface area contributed by atoms with Crippen molar-refractivity contribution in [2.45, 2.75) is 58.5 Å². The van der Waals surface area contributed by atoms with Crippen LogP contribution in [0.15, 0.2) is 0 Å². The average Bonchev–Trinajstić information content (AvgIpc) is 3.13. The molecule has 0 aromatic heterocycles. The highest BCUT2D eigenvalue weighted by Crippen LogP contribution is 2.23. The van der Waals surface area contributed by atoms with Crippen LogP contribution in [0.1, 0.15) is 46.5 Å². The van der Waals surface area contributed by atoms with Gasteiger partial charge in [-0.15, -0.1) is 0 Å². The highest BCUT2D eigenvalue weighted by atomic mass is 16.4. The largest absolute Gasteiger partial charge is 0.480 e. The van der Waals surface area contributed by atoms with Gasteiger partial charge in [0.15, 0.2) is 0 Å². The summed E-state index contributed by atoms with van der Waals surface area (Å²) in [5, 5.41) is 11.9. The van der Waals surface area contributed by atoms with Crippen molar-refractivity contribution in [3.05, 3.63) is 0 Å². The van der Waals surface area contributed by atoms with Crippen LogP contribution < -0.4 is 5.32 Å². The van der Waals surface area contributed by atoms with Crippen molar-refractivity contribution in [3.63, 3.8) is 0 Å². The molecule has 0 radical (unpaired) electrons. The van der Waals surface area contributed by atoms with Gasteiger partial charge >= 0.3 is 5.97 Å². The Bertz CT molecular complexity index is 509. The second-order valence-electron chi connectivity index (χ2n) is 7.65. The predicted molar refractivity (Wildman–Crippen MR) is 94.0 cm³/mol. The molecule has 2 saturated heterocycles. The molecule has 25 heavy (non-hydrogen) atoms. The average molecular weight is 353 g/mol. The van der Waals surface area contributed by atoms with E-state index in [1.165, 1.54) is 0 Å². The third kappa shape index (κ3) is 5.17. The van der Waals surface area contributed by atoms with Crippen LogP contribution in [0.3, 0.4) is 0 Å². The van der Waals surface area contributed by atoms with Gasteiger partial charge in [0.25, 0.3) is 0 Å². The zero-order valence-electron chi connectivity index (χ0n) is 15.5. The van der Waals surface area contributed by atoms with Crippen LogP contribution in [-0.2, 0) is 14.4 Å². The number of carbonyl (C=O) groups excluding carboxylic acids is 2. The number of hydrogen-bond donors (Lipinski definition) is 2. The van der Waals surface area contributed by atoms with Crippen molar-refractivity contribution in [2.75, 3.05) is 26.2 Å². The van der Waals surface area contributed by atoms with Crippen LogP contribution >= 0.6 is 0 Å². The number of carboxylic acids is 1. The highest BCUT2D eigenvalue weighted by Gasteiger charge is 2.38. The van der Waals surface area contributed by atoms with Crippen molar-refractivity contribution >= 4 is 17.8 Å². The molecule has 0 saturated carbocycles. The maximum Gasteiger partial charge on any atom is 0.326 e.